The Labute approximate surface area is 221 Å². The Kier molecular flexibility index (Phi) is 9.91. The van der Waals surface area contributed by atoms with Gasteiger partial charge < -0.3 is 25.0 Å². The first-order chi connectivity index (χ1) is 18.1. The standard InChI is InChI=1S/C25H32BN5O7/c1-15(2)12-19(26-37-21(24(34)35)20(31(3)4)25(36)38-26)30-22(32)17(13-16-8-6-5-7-9-16)29-23(33)18-14-27-10-11-28-18/h5-11,14-15,17,19-21H,12-13H2,1-4H3,(H,29,33)(H,30,32)(H,34,35)/t17-,19-,20-,21+/m0/s1. The molecule has 1 aromatic heterocycles. The van der Waals surface area contributed by atoms with Crippen LogP contribution in [0.25, 0.3) is 0 Å². The van der Waals surface area contributed by atoms with E-state index in [1.54, 1.807) is 14.1 Å². The zero-order valence-corrected chi connectivity index (χ0v) is 21.7. The number of nitrogens with one attached hydrogen (secondary N) is 2. The van der Waals surface area contributed by atoms with Crippen LogP contribution in [0.1, 0.15) is 36.3 Å². The summed E-state index contributed by atoms with van der Waals surface area (Å²) < 4.78 is 11.2. The Hall–Kier alpha value is -3.84. The molecule has 4 atom stereocenters. The Morgan fingerprint density at radius 1 is 1.13 bits per heavy atom. The van der Waals surface area contributed by atoms with E-state index >= 15 is 0 Å². The van der Waals surface area contributed by atoms with Gasteiger partial charge in [0.1, 0.15) is 17.8 Å². The molecule has 13 heteroatoms. The molecular weight excluding hydrogens is 493 g/mol. The van der Waals surface area contributed by atoms with Gasteiger partial charge >= 0.3 is 19.1 Å². The van der Waals surface area contributed by atoms with Crippen molar-refractivity contribution in [2.45, 2.75) is 50.8 Å². The zero-order chi connectivity index (χ0) is 27.8. The lowest BCUT2D eigenvalue weighted by Crippen LogP contribution is -2.64. The minimum absolute atomic E-state index is 0.0270. The van der Waals surface area contributed by atoms with Gasteiger partial charge in [-0.05, 0) is 32.0 Å². The Balaban J connectivity index is 1.84. The highest BCUT2D eigenvalue weighted by molar-refractivity contribution is 6.50. The summed E-state index contributed by atoms with van der Waals surface area (Å²) in [6.45, 7) is 3.80. The van der Waals surface area contributed by atoms with E-state index in [-0.39, 0.29) is 18.0 Å². The summed E-state index contributed by atoms with van der Waals surface area (Å²) in [7, 11) is 1.76. The lowest BCUT2D eigenvalue weighted by molar-refractivity contribution is -0.165. The molecule has 12 nitrogen and oxygen atoms in total. The second kappa shape index (κ2) is 13.1. The predicted octanol–water partition coefficient (Wildman–Crippen LogP) is 0.333. The van der Waals surface area contributed by atoms with Gasteiger partial charge in [-0.15, -0.1) is 0 Å². The highest BCUT2D eigenvalue weighted by Gasteiger charge is 2.50. The van der Waals surface area contributed by atoms with Crippen LogP contribution in [-0.2, 0) is 30.1 Å². The Bertz CT molecular complexity index is 1120. The van der Waals surface area contributed by atoms with Crippen LogP contribution in [0.15, 0.2) is 48.9 Å². The molecule has 0 saturated carbocycles. The van der Waals surface area contributed by atoms with Gasteiger partial charge in [0.2, 0.25) is 5.91 Å². The monoisotopic (exact) mass is 525 g/mol. The maximum atomic E-state index is 13.5. The normalized spacial score (nSPS) is 19.0. The van der Waals surface area contributed by atoms with Crippen LogP contribution in [0.2, 0.25) is 0 Å². The lowest BCUT2D eigenvalue weighted by Gasteiger charge is -2.37. The third-order valence-electron chi connectivity index (χ3n) is 5.92. The van der Waals surface area contributed by atoms with Crippen LogP contribution >= 0.6 is 0 Å². The van der Waals surface area contributed by atoms with E-state index in [4.69, 9.17) is 9.31 Å². The largest absolute Gasteiger partial charge is 0.552 e. The van der Waals surface area contributed by atoms with Gasteiger partial charge in [-0.1, -0.05) is 44.2 Å². The number of hydrogen-bond donors (Lipinski definition) is 3. The fourth-order valence-corrected chi connectivity index (χ4v) is 4.14. The van der Waals surface area contributed by atoms with E-state index < -0.39 is 55.0 Å². The van der Waals surface area contributed by atoms with Crippen molar-refractivity contribution in [3.63, 3.8) is 0 Å². The number of aliphatic carboxylic acids is 1. The first-order valence-corrected chi connectivity index (χ1v) is 12.2. The molecule has 2 amide bonds. The molecule has 1 fully saturated rings. The number of likely N-dealkylation sites (N-methyl/N-ethyl adjacent to an activating group) is 1. The molecule has 2 heterocycles. The maximum absolute atomic E-state index is 13.5. The topological polar surface area (TPSA) is 160 Å². The Morgan fingerprint density at radius 2 is 1.84 bits per heavy atom. The molecule has 0 radical (unpaired) electrons. The average Bonchev–Trinajstić information content (AvgIpc) is 2.87. The molecule has 1 saturated heterocycles. The molecule has 3 N–H and O–H groups in total. The van der Waals surface area contributed by atoms with Crippen molar-refractivity contribution in [3.05, 3.63) is 60.2 Å². The minimum atomic E-state index is -1.49. The van der Waals surface area contributed by atoms with E-state index in [9.17, 15) is 24.3 Å². The van der Waals surface area contributed by atoms with E-state index in [1.165, 1.54) is 23.5 Å². The fourth-order valence-electron chi connectivity index (χ4n) is 4.14. The van der Waals surface area contributed by atoms with Crippen molar-refractivity contribution in [1.29, 1.82) is 0 Å². The van der Waals surface area contributed by atoms with Crippen LogP contribution in [0.3, 0.4) is 0 Å². The molecule has 3 rings (SSSR count). The van der Waals surface area contributed by atoms with Crippen molar-refractivity contribution < 1.29 is 33.6 Å². The van der Waals surface area contributed by atoms with Crippen LogP contribution in [0, 0.1) is 5.92 Å². The lowest BCUT2D eigenvalue weighted by atomic mass is 9.72. The van der Waals surface area contributed by atoms with Crippen molar-refractivity contribution in [2.75, 3.05) is 14.1 Å². The summed E-state index contributed by atoms with van der Waals surface area (Å²) >= 11 is 0. The first-order valence-electron chi connectivity index (χ1n) is 12.2. The quantitative estimate of drug-likeness (QED) is 0.349. The molecule has 0 bridgehead atoms. The molecular formula is C25H32BN5O7. The van der Waals surface area contributed by atoms with Gasteiger partial charge in [-0.3, -0.25) is 24.3 Å². The van der Waals surface area contributed by atoms with Gasteiger partial charge in [0, 0.05) is 18.8 Å². The number of hydrogen-bond acceptors (Lipinski definition) is 9. The van der Waals surface area contributed by atoms with E-state index in [2.05, 4.69) is 20.6 Å². The molecule has 1 aromatic carbocycles. The number of nitrogens with zero attached hydrogens (tertiary/aromatic N) is 3. The van der Waals surface area contributed by atoms with Gasteiger partial charge in [0.05, 0.1) is 12.1 Å². The maximum Gasteiger partial charge on any atom is 0.552 e. The highest BCUT2D eigenvalue weighted by Crippen LogP contribution is 2.21. The number of carboxylic acid groups (broad SMARTS) is 1. The van der Waals surface area contributed by atoms with Crippen molar-refractivity contribution >= 4 is 30.9 Å². The SMILES string of the molecule is CC(C)C[C@H](NC(=O)[C@H](Cc1ccccc1)NC(=O)c1cnccn1)B1OC(=O)[C@@H](N(C)C)[C@H](C(=O)O)O1. The van der Waals surface area contributed by atoms with Crippen LogP contribution < -0.4 is 10.6 Å². The van der Waals surface area contributed by atoms with Crippen LogP contribution in [0.5, 0.6) is 0 Å². The number of carboxylic acids is 1. The van der Waals surface area contributed by atoms with Crippen molar-refractivity contribution in [2.24, 2.45) is 5.92 Å². The summed E-state index contributed by atoms with van der Waals surface area (Å²) in [5, 5.41) is 15.2. The van der Waals surface area contributed by atoms with Gasteiger partial charge in [-0.2, -0.15) is 0 Å². The zero-order valence-electron chi connectivity index (χ0n) is 21.7. The second-order valence-electron chi connectivity index (χ2n) is 9.66. The predicted molar refractivity (Wildman–Crippen MR) is 137 cm³/mol. The fraction of sp³-hybridized carbons (Fsp3) is 0.440. The molecule has 0 aliphatic carbocycles. The smallest absolute Gasteiger partial charge is 0.507 e. The third kappa shape index (κ3) is 7.59. The van der Waals surface area contributed by atoms with Crippen LogP contribution in [0.4, 0.5) is 0 Å². The minimum Gasteiger partial charge on any atom is -0.507 e. The number of carbonyl (C=O) groups excluding carboxylic acids is 3. The molecule has 0 unspecified atom stereocenters. The van der Waals surface area contributed by atoms with Gasteiger partial charge in [0.15, 0.2) is 6.10 Å². The van der Waals surface area contributed by atoms with Crippen LogP contribution in [-0.4, -0.2) is 89.1 Å². The number of rotatable bonds is 11. The molecule has 202 valence electrons. The van der Waals surface area contributed by atoms with E-state index in [0.717, 1.165) is 5.56 Å². The van der Waals surface area contributed by atoms with Crippen molar-refractivity contribution in [1.82, 2.24) is 25.5 Å². The third-order valence-corrected chi connectivity index (χ3v) is 5.92. The van der Waals surface area contributed by atoms with Crippen molar-refractivity contribution in [3.8, 4) is 0 Å². The summed E-state index contributed by atoms with van der Waals surface area (Å²) in [4.78, 5) is 60.2. The number of benzene rings is 1. The number of aromatic nitrogens is 2. The average molecular weight is 525 g/mol. The summed E-state index contributed by atoms with van der Waals surface area (Å²) in [5.41, 5.74) is 0.841. The summed E-state index contributed by atoms with van der Waals surface area (Å²) in [6.07, 6.45) is 3.08. The highest BCUT2D eigenvalue weighted by atomic mass is 16.6. The first kappa shape index (κ1) is 28.7. The molecule has 38 heavy (non-hydrogen) atoms. The van der Waals surface area contributed by atoms with Gasteiger partial charge in [-0.25, -0.2) is 9.78 Å². The second-order valence-corrected chi connectivity index (χ2v) is 9.66. The molecule has 1 aliphatic heterocycles. The van der Waals surface area contributed by atoms with Gasteiger partial charge in [0.25, 0.3) is 5.91 Å². The summed E-state index contributed by atoms with van der Waals surface area (Å²) in [6, 6.07) is 6.96. The molecule has 0 spiro atoms. The Morgan fingerprint density at radius 3 is 2.42 bits per heavy atom. The van der Waals surface area contributed by atoms with E-state index in [1.807, 2.05) is 44.2 Å². The summed E-state index contributed by atoms with van der Waals surface area (Å²) in [5.74, 6) is -4.08. The molecule has 2 aromatic rings. The molecule has 1 aliphatic rings. The number of carbonyl (C=O) groups is 4. The number of amides is 2. The van der Waals surface area contributed by atoms with E-state index in [0.29, 0.717) is 6.42 Å².